The number of hydrogen-bond donors (Lipinski definition) is 1. The molecule has 0 saturated heterocycles. The van der Waals surface area contributed by atoms with E-state index in [1.165, 1.54) is 44.8 Å². The maximum Gasteiger partial charge on any atom is 0.118 e. The minimum Gasteiger partial charge on any atom is -0.396 e. The van der Waals surface area contributed by atoms with Crippen molar-refractivity contribution in [2.45, 2.75) is 96.4 Å². The van der Waals surface area contributed by atoms with Crippen LogP contribution in [-0.4, -0.2) is 26.3 Å². The van der Waals surface area contributed by atoms with Crippen molar-refractivity contribution in [1.29, 1.82) is 0 Å². The van der Waals surface area contributed by atoms with Crippen LogP contribution in [0.15, 0.2) is 12.2 Å². The first-order valence-corrected chi connectivity index (χ1v) is 9.17. The number of aliphatic hydroxyl groups excluding tert-OH is 1. The zero-order chi connectivity index (χ0) is 15.8. The molecule has 2 radical (unpaired) electrons. The van der Waals surface area contributed by atoms with Gasteiger partial charge in [0, 0.05) is 6.61 Å². The van der Waals surface area contributed by atoms with Crippen LogP contribution >= 0.6 is 0 Å². The molecule has 0 bridgehead atoms. The smallest absolute Gasteiger partial charge is 0.118 e. The van der Waals surface area contributed by atoms with Crippen LogP contribution in [0.5, 0.6) is 0 Å². The zero-order valence-electron chi connectivity index (χ0n) is 14.7. The standard InChI is InChI=1S/C18H36B2O/c1-4-11-17(12-5-2)20-18(14-10-16-21)13-8-6-7-9-15-19-3/h6,8,17-18,21H,4-5,7,9-16H2,1-3H3/b8-6-/t18-/m1/s1. The molecule has 1 nitrogen and oxygen atoms in total. The SMILES string of the molecule is C[B]CCC/C=C\C[C@@H]([B]C(CCC)CCC)CCCO. The van der Waals surface area contributed by atoms with E-state index < -0.39 is 0 Å². The molecule has 0 aromatic heterocycles. The van der Waals surface area contributed by atoms with Crippen LogP contribution in [0.25, 0.3) is 0 Å². The molecule has 0 aromatic rings. The van der Waals surface area contributed by atoms with Gasteiger partial charge in [-0.3, -0.25) is 0 Å². The van der Waals surface area contributed by atoms with E-state index in [4.69, 9.17) is 5.11 Å². The molecule has 0 rings (SSSR count). The molecular formula is C18H36B2O. The van der Waals surface area contributed by atoms with Crippen molar-refractivity contribution in [3.63, 3.8) is 0 Å². The molecule has 1 N–H and O–H groups in total. The molecule has 0 amide bonds. The molecule has 1 atom stereocenters. The third-order valence-corrected chi connectivity index (χ3v) is 4.07. The fourth-order valence-electron chi connectivity index (χ4n) is 2.94. The lowest BCUT2D eigenvalue weighted by molar-refractivity contribution is 0.283. The van der Waals surface area contributed by atoms with Gasteiger partial charge in [-0.2, -0.15) is 0 Å². The molecule has 0 unspecified atom stereocenters. The highest BCUT2D eigenvalue weighted by Gasteiger charge is 2.16. The Hall–Kier alpha value is -0.170. The van der Waals surface area contributed by atoms with Gasteiger partial charge in [-0.15, -0.1) is 0 Å². The van der Waals surface area contributed by atoms with Crippen molar-refractivity contribution in [3.8, 4) is 0 Å². The van der Waals surface area contributed by atoms with Gasteiger partial charge in [-0.25, -0.2) is 0 Å². The first-order chi connectivity index (χ1) is 10.3. The fraction of sp³-hybridized carbons (Fsp3) is 0.889. The number of rotatable bonds is 15. The summed E-state index contributed by atoms with van der Waals surface area (Å²) < 4.78 is 0. The van der Waals surface area contributed by atoms with E-state index >= 15 is 0 Å². The second-order valence-corrected chi connectivity index (χ2v) is 6.20. The van der Waals surface area contributed by atoms with Gasteiger partial charge in [0.15, 0.2) is 0 Å². The van der Waals surface area contributed by atoms with Crippen molar-refractivity contribution in [2.24, 2.45) is 0 Å². The number of aliphatic hydroxyl groups is 1. The van der Waals surface area contributed by atoms with E-state index in [-0.39, 0.29) is 0 Å². The predicted octanol–water partition coefficient (Wildman–Crippen LogP) is 5.54. The fourth-order valence-corrected chi connectivity index (χ4v) is 2.94. The van der Waals surface area contributed by atoms with Gasteiger partial charge in [-0.1, -0.05) is 89.3 Å². The van der Waals surface area contributed by atoms with Crippen molar-refractivity contribution < 1.29 is 5.11 Å². The summed E-state index contributed by atoms with van der Waals surface area (Å²) in [5.74, 6) is 1.42. The van der Waals surface area contributed by atoms with E-state index in [0.717, 1.165) is 25.1 Å². The summed E-state index contributed by atoms with van der Waals surface area (Å²) in [6.07, 6.45) is 16.8. The van der Waals surface area contributed by atoms with E-state index in [9.17, 15) is 0 Å². The highest BCUT2D eigenvalue weighted by atomic mass is 16.2. The minimum atomic E-state index is 0.326. The maximum absolute atomic E-state index is 9.09. The van der Waals surface area contributed by atoms with Crippen LogP contribution in [0.1, 0.15) is 71.6 Å². The Kier molecular flexibility index (Phi) is 16.1. The van der Waals surface area contributed by atoms with Crippen LogP contribution in [0.2, 0.25) is 24.8 Å². The Bertz CT molecular complexity index is 225. The van der Waals surface area contributed by atoms with Gasteiger partial charge in [0.05, 0.1) is 0 Å². The van der Waals surface area contributed by atoms with E-state index in [1.807, 2.05) is 0 Å². The number of unbranched alkanes of at least 4 members (excludes halogenated alkanes) is 1. The van der Waals surface area contributed by atoms with Crippen LogP contribution in [0.3, 0.4) is 0 Å². The second kappa shape index (κ2) is 16.2. The summed E-state index contributed by atoms with van der Waals surface area (Å²) in [7, 11) is 4.83. The predicted molar refractivity (Wildman–Crippen MR) is 98.8 cm³/mol. The highest BCUT2D eigenvalue weighted by Crippen LogP contribution is 2.28. The second-order valence-electron chi connectivity index (χ2n) is 6.20. The maximum atomic E-state index is 9.09. The van der Waals surface area contributed by atoms with Crippen molar-refractivity contribution in [1.82, 2.24) is 0 Å². The first kappa shape index (κ1) is 20.8. The Morgan fingerprint density at radius 2 is 1.67 bits per heavy atom. The zero-order valence-corrected chi connectivity index (χ0v) is 14.7. The van der Waals surface area contributed by atoms with E-state index in [1.54, 1.807) is 0 Å². The first-order valence-electron chi connectivity index (χ1n) is 9.17. The highest BCUT2D eigenvalue weighted by molar-refractivity contribution is 6.39. The van der Waals surface area contributed by atoms with Gasteiger partial charge in [-0.05, 0) is 19.3 Å². The van der Waals surface area contributed by atoms with Gasteiger partial charge < -0.3 is 5.11 Å². The average molecular weight is 290 g/mol. The molecular weight excluding hydrogens is 254 g/mol. The molecule has 120 valence electrons. The quantitative estimate of drug-likeness (QED) is 0.238. The third-order valence-electron chi connectivity index (χ3n) is 4.07. The molecule has 0 spiro atoms. The lowest BCUT2D eigenvalue weighted by atomic mass is 9.50. The Balaban J connectivity index is 4.15. The third kappa shape index (κ3) is 13.2. The van der Waals surface area contributed by atoms with Crippen LogP contribution in [-0.2, 0) is 0 Å². The Labute approximate surface area is 135 Å². The molecule has 0 fully saturated rings. The van der Waals surface area contributed by atoms with Crippen molar-refractivity contribution in [3.05, 3.63) is 12.2 Å². The van der Waals surface area contributed by atoms with E-state index in [0.29, 0.717) is 12.4 Å². The average Bonchev–Trinajstić information content (AvgIpc) is 2.48. The van der Waals surface area contributed by atoms with E-state index in [2.05, 4.69) is 47.4 Å². The van der Waals surface area contributed by atoms with Crippen molar-refractivity contribution in [2.75, 3.05) is 6.61 Å². The summed E-state index contributed by atoms with van der Waals surface area (Å²) in [6.45, 7) is 7.02. The molecule has 0 aliphatic carbocycles. The summed E-state index contributed by atoms with van der Waals surface area (Å²) >= 11 is 0. The molecule has 21 heavy (non-hydrogen) atoms. The van der Waals surface area contributed by atoms with Gasteiger partial charge >= 0.3 is 0 Å². The van der Waals surface area contributed by atoms with Gasteiger partial charge in [0.25, 0.3) is 0 Å². The molecule has 0 aliphatic rings. The topological polar surface area (TPSA) is 20.2 Å². The molecule has 0 saturated carbocycles. The molecule has 0 heterocycles. The minimum absolute atomic E-state index is 0.326. The lowest BCUT2D eigenvalue weighted by Crippen LogP contribution is -2.12. The lowest BCUT2D eigenvalue weighted by Gasteiger charge is -2.21. The molecule has 3 heteroatoms. The molecule has 0 aromatic carbocycles. The van der Waals surface area contributed by atoms with Gasteiger partial charge in [0.2, 0.25) is 0 Å². The Morgan fingerprint density at radius 3 is 2.24 bits per heavy atom. The van der Waals surface area contributed by atoms with Crippen LogP contribution in [0, 0.1) is 0 Å². The number of allylic oxidation sites excluding steroid dienone is 2. The summed E-state index contributed by atoms with van der Waals surface area (Å²) in [5, 5.41) is 9.09. The van der Waals surface area contributed by atoms with Crippen molar-refractivity contribution >= 4 is 14.6 Å². The normalized spacial score (nSPS) is 13.0. The number of hydrogen-bond acceptors (Lipinski definition) is 1. The summed E-state index contributed by atoms with van der Waals surface area (Å²) in [6, 6.07) is 0. The Morgan fingerprint density at radius 1 is 0.952 bits per heavy atom. The monoisotopic (exact) mass is 290 g/mol. The largest absolute Gasteiger partial charge is 0.396 e. The van der Waals surface area contributed by atoms with Gasteiger partial charge in [0.1, 0.15) is 14.6 Å². The summed E-state index contributed by atoms with van der Waals surface area (Å²) in [4.78, 5) is 0. The van der Waals surface area contributed by atoms with Crippen LogP contribution in [0.4, 0.5) is 0 Å². The molecule has 0 aliphatic heterocycles. The summed E-state index contributed by atoms with van der Waals surface area (Å²) in [5.41, 5.74) is 0. The van der Waals surface area contributed by atoms with Crippen LogP contribution < -0.4 is 0 Å².